The fourth-order valence-electron chi connectivity index (χ4n) is 1.02. The highest BCUT2D eigenvalue weighted by atomic mass is 28.3. The molecule has 13 heavy (non-hydrogen) atoms. The highest BCUT2D eigenvalue weighted by molar-refractivity contribution is 6.81. The zero-order chi connectivity index (χ0) is 10.3. The average Bonchev–Trinajstić information content (AvgIpc) is 1.95. The molecule has 0 bridgehead atoms. The second kappa shape index (κ2) is 5.80. The van der Waals surface area contributed by atoms with Crippen LogP contribution in [0.4, 0.5) is 4.79 Å². The van der Waals surface area contributed by atoms with Crippen LogP contribution in [-0.2, 0) is 0 Å². The van der Waals surface area contributed by atoms with E-state index >= 15 is 0 Å². The van der Waals surface area contributed by atoms with Gasteiger partial charge in [-0.1, -0.05) is 31.5 Å². The van der Waals surface area contributed by atoms with Gasteiger partial charge in [0.15, 0.2) is 8.24 Å². The summed E-state index contributed by atoms with van der Waals surface area (Å²) in [6.07, 6.45) is 4.57. The van der Waals surface area contributed by atoms with Gasteiger partial charge in [0.25, 0.3) is 0 Å². The summed E-state index contributed by atoms with van der Waals surface area (Å²) in [4.78, 5) is 13.0. The van der Waals surface area contributed by atoms with E-state index in [1.165, 1.54) is 12.8 Å². The molecule has 2 N–H and O–H groups in total. The van der Waals surface area contributed by atoms with Gasteiger partial charge in [-0.2, -0.15) is 0 Å². The van der Waals surface area contributed by atoms with E-state index in [4.69, 9.17) is 5.11 Å². The van der Waals surface area contributed by atoms with Crippen LogP contribution in [0.25, 0.3) is 0 Å². The first-order valence-electron chi connectivity index (χ1n) is 4.67. The number of carboxylic acid groups (broad SMARTS) is 1. The van der Waals surface area contributed by atoms with Gasteiger partial charge in [0, 0.05) is 0 Å². The summed E-state index contributed by atoms with van der Waals surface area (Å²) in [6.45, 7) is 6.10. The molecule has 0 aromatic rings. The molecule has 0 fully saturated rings. The van der Waals surface area contributed by atoms with E-state index in [-0.39, 0.29) is 0 Å². The molecular formula is C9H19NO2Si. The third-order valence-corrected chi connectivity index (χ3v) is 3.62. The van der Waals surface area contributed by atoms with Gasteiger partial charge in [0.2, 0.25) is 0 Å². The summed E-state index contributed by atoms with van der Waals surface area (Å²) in [5.41, 5.74) is 2.04. The Hall–Kier alpha value is -0.773. The number of rotatable bonds is 5. The van der Waals surface area contributed by atoms with Crippen molar-refractivity contribution in [1.29, 1.82) is 0 Å². The van der Waals surface area contributed by atoms with Crippen molar-refractivity contribution in [2.24, 2.45) is 0 Å². The van der Waals surface area contributed by atoms with Crippen LogP contribution in [0.2, 0.25) is 13.1 Å². The van der Waals surface area contributed by atoms with Crippen LogP contribution in [0.3, 0.4) is 0 Å². The monoisotopic (exact) mass is 201 g/mol. The molecule has 0 radical (unpaired) electrons. The summed E-state index contributed by atoms with van der Waals surface area (Å²) < 4.78 is 0. The zero-order valence-corrected chi connectivity index (χ0v) is 9.63. The summed E-state index contributed by atoms with van der Waals surface area (Å²) in [5, 5.41) is 8.54. The summed E-state index contributed by atoms with van der Waals surface area (Å²) in [5.74, 6) is 0. The minimum absolute atomic E-state index is 0.920. The van der Waals surface area contributed by atoms with Gasteiger partial charge in [-0.05, 0) is 19.5 Å². The van der Waals surface area contributed by atoms with Crippen molar-refractivity contribution in [3.63, 3.8) is 0 Å². The van der Waals surface area contributed by atoms with E-state index in [0.29, 0.717) is 0 Å². The molecule has 0 heterocycles. The topological polar surface area (TPSA) is 49.3 Å². The third kappa shape index (κ3) is 7.58. The van der Waals surface area contributed by atoms with Crippen molar-refractivity contribution in [3.8, 4) is 0 Å². The number of carbonyl (C=O) groups is 1. The largest absolute Gasteiger partial charge is 0.466 e. The van der Waals surface area contributed by atoms with Crippen LogP contribution in [-0.4, -0.2) is 19.4 Å². The minimum Gasteiger partial charge on any atom is -0.466 e. The maximum absolute atomic E-state index is 10.4. The molecule has 0 aliphatic carbocycles. The molecular weight excluding hydrogens is 182 g/mol. The number of amides is 1. The Morgan fingerprint density at radius 3 is 2.62 bits per heavy atom. The van der Waals surface area contributed by atoms with Crippen molar-refractivity contribution >= 4 is 14.3 Å². The molecule has 4 heteroatoms. The van der Waals surface area contributed by atoms with Gasteiger partial charge in [-0.15, -0.1) is 0 Å². The Morgan fingerprint density at radius 2 is 2.15 bits per heavy atom. The SMILES string of the molecule is CCCCC=C[Si](C)(C)NC(=O)O. The van der Waals surface area contributed by atoms with Gasteiger partial charge in [-0.3, -0.25) is 0 Å². The molecule has 0 unspecified atom stereocenters. The average molecular weight is 201 g/mol. The van der Waals surface area contributed by atoms with Crippen LogP contribution >= 0.6 is 0 Å². The number of allylic oxidation sites excluding steroid dienone is 1. The first kappa shape index (κ1) is 12.2. The molecule has 0 rings (SSSR count). The fraction of sp³-hybridized carbons (Fsp3) is 0.667. The Balaban J connectivity index is 3.85. The molecule has 0 aromatic carbocycles. The van der Waals surface area contributed by atoms with Crippen LogP contribution in [0.5, 0.6) is 0 Å². The summed E-state index contributed by atoms with van der Waals surface area (Å²) in [7, 11) is -1.85. The maximum Gasteiger partial charge on any atom is 0.396 e. The first-order valence-corrected chi connectivity index (χ1v) is 7.74. The van der Waals surface area contributed by atoms with Crippen LogP contribution in [0.15, 0.2) is 11.8 Å². The highest BCUT2D eigenvalue weighted by Crippen LogP contribution is 2.02. The number of hydrogen-bond donors (Lipinski definition) is 2. The van der Waals surface area contributed by atoms with Gasteiger partial charge in [-0.25, -0.2) is 4.79 Å². The predicted molar refractivity (Wildman–Crippen MR) is 57.3 cm³/mol. The van der Waals surface area contributed by atoms with Gasteiger partial charge in [0.1, 0.15) is 0 Å². The van der Waals surface area contributed by atoms with E-state index in [9.17, 15) is 4.79 Å². The predicted octanol–water partition coefficient (Wildman–Crippen LogP) is 2.74. The van der Waals surface area contributed by atoms with Gasteiger partial charge < -0.3 is 10.1 Å². The molecule has 1 amide bonds. The molecule has 76 valence electrons. The minimum atomic E-state index is -1.85. The number of hydrogen-bond acceptors (Lipinski definition) is 1. The lowest BCUT2D eigenvalue weighted by molar-refractivity contribution is 0.200. The highest BCUT2D eigenvalue weighted by Gasteiger charge is 2.18. The zero-order valence-electron chi connectivity index (χ0n) is 8.63. The van der Waals surface area contributed by atoms with Crippen molar-refractivity contribution in [1.82, 2.24) is 4.98 Å². The molecule has 3 nitrogen and oxygen atoms in total. The smallest absolute Gasteiger partial charge is 0.396 e. The van der Waals surface area contributed by atoms with E-state index in [2.05, 4.69) is 18.0 Å². The van der Waals surface area contributed by atoms with Gasteiger partial charge >= 0.3 is 6.09 Å². The van der Waals surface area contributed by atoms with Crippen molar-refractivity contribution < 1.29 is 9.90 Å². The van der Waals surface area contributed by atoms with E-state index in [1.54, 1.807) is 0 Å². The Morgan fingerprint density at radius 1 is 1.54 bits per heavy atom. The molecule has 0 atom stereocenters. The standard InChI is InChI=1S/C9H19NO2Si/c1-4-5-6-7-8-13(2,3)10-9(11)12/h7-8,10H,4-6H2,1-3H3,(H,11,12). The van der Waals surface area contributed by atoms with Crippen molar-refractivity contribution in [2.75, 3.05) is 0 Å². The Labute approximate surface area is 80.9 Å². The maximum atomic E-state index is 10.4. The number of nitrogens with one attached hydrogen (secondary N) is 1. The van der Waals surface area contributed by atoms with Crippen molar-refractivity contribution in [3.05, 3.63) is 11.8 Å². The fourth-order valence-corrected chi connectivity index (χ4v) is 2.41. The molecule has 0 spiro atoms. The third-order valence-electron chi connectivity index (χ3n) is 1.69. The van der Waals surface area contributed by atoms with Crippen LogP contribution in [0, 0.1) is 0 Å². The van der Waals surface area contributed by atoms with E-state index < -0.39 is 14.3 Å². The lowest BCUT2D eigenvalue weighted by Gasteiger charge is -2.16. The van der Waals surface area contributed by atoms with Gasteiger partial charge in [0.05, 0.1) is 0 Å². The summed E-state index contributed by atoms with van der Waals surface area (Å²) in [6, 6.07) is 0. The molecule has 0 saturated carbocycles. The number of unbranched alkanes of at least 4 members (excludes halogenated alkanes) is 2. The second-order valence-corrected chi connectivity index (χ2v) is 7.72. The van der Waals surface area contributed by atoms with Crippen LogP contribution < -0.4 is 4.98 Å². The lowest BCUT2D eigenvalue weighted by atomic mass is 10.2. The van der Waals surface area contributed by atoms with Crippen LogP contribution in [0.1, 0.15) is 26.2 Å². The molecule has 0 aromatic heterocycles. The Kier molecular flexibility index (Phi) is 5.46. The lowest BCUT2D eigenvalue weighted by Crippen LogP contribution is -2.46. The Bertz CT molecular complexity index is 190. The molecule has 0 aliphatic rings. The van der Waals surface area contributed by atoms with E-state index in [0.717, 1.165) is 6.42 Å². The van der Waals surface area contributed by atoms with E-state index in [1.807, 2.05) is 18.8 Å². The normalized spacial score (nSPS) is 11.9. The summed E-state index contributed by atoms with van der Waals surface area (Å²) >= 11 is 0. The first-order chi connectivity index (χ1) is 5.98. The quantitative estimate of drug-likeness (QED) is 0.531. The second-order valence-electron chi connectivity index (χ2n) is 3.70. The molecule has 0 saturated heterocycles. The molecule has 0 aliphatic heterocycles. The van der Waals surface area contributed by atoms with Crippen molar-refractivity contribution in [2.45, 2.75) is 39.3 Å².